The minimum Gasteiger partial charge on any atom is -0.365 e. The highest BCUT2D eigenvalue weighted by atomic mass is 35.5. The predicted octanol–water partition coefficient (Wildman–Crippen LogP) is 1.96. The summed E-state index contributed by atoms with van der Waals surface area (Å²) in [7, 11) is 2.17. The van der Waals surface area contributed by atoms with Crippen LogP contribution in [0.5, 0.6) is 0 Å². The third kappa shape index (κ3) is 2.30. The summed E-state index contributed by atoms with van der Waals surface area (Å²) in [5, 5.41) is 0. The van der Waals surface area contributed by atoms with Gasteiger partial charge in [-0.2, -0.15) is 0 Å². The maximum atomic E-state index is 5.96. The van der Waals surface area contributed by atoms with Gasteiger partial charge in [-0.15, -0.1) is 11.6 Å². The molecule has 0 N–H and O–H groups in total. The molecule has 0 radical (unpaired) electrons. The van der Waals surface area contributed by atoms with Gasteiger partial charge >= 0.3 is 0 Å². The van der Waals surface area contributed by atoms with Gasteiger partial charge in [0.05, 0.1) is 11.9 Å². The van der Waals surface area contributed by atoms with Gasteiger partial charge in [-0.25, -0.2) is 0 Å². The predicted molar refractivity (Wildman–Crippen MR) is 68.1 cm³/mol. The van der Waals surface area contributed by atoms with Crippen molar-refractivity contribution in [3.8, 4) is 0 Å². The highest BCUT2D eigenvalue weighted by Gasteiger charge is 2.23. The smallest absolute Gasteiger partial charge is 0.0600 e. The van der Waals surface area contributed by atoms with Crippen molar-refractivity contribution in [2.45, 2.75) is 18.8 Å². The molecule has 88 valence electrons. The van der Waals surface area contributed by atoms with Crippen LogP contribution in [0.4, 0.5) is 5.69 Å². The molecule has 0 amide bonds. The molecule has 1 aliphatic rings. The normalized spacial score (nSPS) is 22.4. The molecule has 2 heterocycles. The molecule has 16 heavy (non-hydrogen) atoms. The molecular weight excluding hydrogens is 222 g/mol. The summed E-state index contributed by atoms with van der Waals surface area (Å²) in [5.74, 6) is 0.552. The minimum atomic E-state index is 0.518. The first-order valence-electron chi connectivity index (χ1n) is 5.66. The Kier molecular flexibility index (Phi) is 3.66. The zero-order chi connectivity index (χ0) is 11.5. The van der Waals surface area contributed by atoms with Gasteiger partial charge in [0.15, 0.2) is 0 Å². The Bertz CT molecular complexity index is 356. The maximum Gasteiger partial charge on any atom is 0.0600 e. The molecule has 0 saturated carbocycles. The summed E-state index contributed by atoms with van der Waals surface area (Å²) in [6.07, 6.45) is 3.74. The Hall–Kier alpha value is -0.800. The molecule has 1 unspecified atom stereocenters. The van der Waals surface area contributed by atoms with Gasteiger partial charge in [0.2, 0.25) is 0 Å². The lowest BCUT2D eigenvalue weighted by atomic mass is 10.1. The van der Waals surface area contributed by atoms with E-state index in [4.69, 9.17) is 11.6 Å². The maximum absolute atomic E-state index is 5.96. The topological polar surface area (TPSA) is 19.4 Å². The fraction of sp³-hybridized carbons (Fsp3) is 0.583. The van der Waals surface area contributed by atoms with Crippen molar-refractivity contribution in [2.75, 3.05) is 31.6 Å². The van der Waals surface area contributed by atoms with Gasteiger partial charge in [-0.3, -0.25) is 4.98 Å². The third-order valence-corrected chi connectivity index (χ3v) is 3.46. The first kappa shape index (κ1) is 11.7. The summed E-state index contributed by atoms with van der Waals surface area (Å²) >= 11 is 5.96. The second kappa shape index (κ2) is 5.02. The van der Waals surface area contributed by atoms with Crippen molar-refractivity contribution in [3.63, 3.8) is 0 Å². The number of piperazine rings is 1. The van der Waals surface area contributed by atoms with Crippen LogP contribution in [0.25, 0.3) is 0 Å². The standard InChI is InChI=1S/C12H18ClN3/c1-10-9-15(2)5-6-16(10)12-8-14-4-3-11(12)7-13/h3-4,8,10H,5-7,9H2,1-2H3. The fourth-order valence-electron chi connectivity index (χ4n) is 2.28. The molecule has 1 aliphatic heterocycles. The summed E-state index contributed by atoms with van der Waals surface area (Å²) in [4.78, 5) is 8.97. The van der Waals surface area contributed by atoms with E-state index < -0.39 is 0 Å². The number of aromatic nitrogens is 1. The van der Waals surface area contributed by atoms with Crippen molar-refractivity contribution >= 4 is 17.3 Å². The van der Waals surface area contributed by atoms with Gasteiger partial charge in [0, 0.05) is 37.8 Å². The molecule has 1 atom stereocenters. The third-order valence-electron chi connectivity index (χ3n) is 3.17. The van der Waals surface area contributed by atoms with E-state index in [2.05, 4.69) is 28.8 Å². The summed E-state index contributed by atoms with van der Waals surface area (Å²) < 4.78 is 0. The van der Waals surface area contributed by atoms with E-state index in [9.17, 15) is 0 Å². The molecule has 1 aromatic heterocycles. The summed E-state index contributed by atoms with van der Waals surface area (Å²) in [6.45, 7) is 5.49. The molecule has 1 saturated heterocycles. The van der Waals surface area contributed by atoms with Crippen molar-refractivity contribution in [1.29, 1.82) is 0 Å². The van der Waals surface area contributed by atoms with Crippen LogP contribution >= 0.6 is 11.6 Å². The summed E-state index contributed by atoms with van der Waals surface area (Å²) in [5.41, 5.74) is 2.37. The molecule has 1 aromatic rings. The first-order chi connectivity index (χ1) is 7.72. The number of hydrogen-bond donors (Lipinski definition) is 0. The Morgan fingerprint density at radius 3 is 3.00 bits per heavy atom. The van der Waals surface area contributed by atoms with Gasteiger partial charge in [-0.05, 0) is 25.6 Å². The van der Waals surface area contributed by atoms with E-state index in [1.807, 2.05) is 18.5 Å². The van der Waals surface area contributed by atoms with Gasteiger partial charge in [-0.1, -0.05) is 0 Å². The van der Waals surface area contributed by atoms with Crippen LogP contribution in [0.2, 0.25) is 0 Å². The van der Waals surface area contributed by atoms with Crippen LogP contribution in [0.3, 0.4) is 0 Å². The number of halogens is 1. The van der Waals surface area contributed by atoms with Gasteiger partial charge < -0.3 is 9.80 Å². The monoisotopic (exact) mass is 239 g/mol. The quantitative estimate of drug-likeness (QED) is 0.736. The van der Waals surface area contributed by atoms with E-state index in [-0.39, 0.29) is 0 Å². The Balaban J connectivity index is 2.23. The van der Waals surface area contributed by atoms with E-state index in [0.717, 1.165) is 19.6 Å². The lowest BCUT2D eigenvalue weighted by Crippen LogP contribution is -2.50. The molecule has 0 aliphatic carbocycles. The minimum absolute atomic E-state index is 0.518. The van der Waals surface area contributed by atoms with Crippen molar-refractivity contribution in [2.24, 2.45) is 0 Å². The number of nitrogens with zero attached hydrogens (tertiary/aromatic N) is 3. The molecule has 3 nitrogen and oxygen atoms in total. The Morgan fingerprint density at radius 1 is 1.50 bits per heavy atom. The molecular formula is C12H18ClN3. The van der Waals surface area contributed by atoms with Crippen LogP contribution in [0, 0.1) is 0 Å². The average molecular weight is 240 g/mol. The van der Waals surface area contributed by atoms with Crippen LogP contribution in [0.1, 0.15) is 12.5 Å². The van der Waals surface area contributed by atoms with Gasteiger partial charge in [0.1, 0.15) is 0 Å². The number of hydrogen-bond acceptors (Lipinski definition) is 3. The number of rotatable bonds is 2. The SMILES string of the molecule is CC1CN(C)CCN1c1cnccc1CCl. The van der Waals surface area contributed by atoms with E-state index in [1.54, 1.807) is 0 Å². The number of pyridine rings is 1. The second-order valence-electron chi connectivity index (χ2n) is 4.44. The number of anilines is 1. The highest BCUT2D eigenvalue weighted by molar-refractivity contribution is 6.17. The number of alkyl halides is 1. The first-order valence-corrected chi connectivity index (χ1v) is 6.20. The van der Waals surface area contributed by atoms with Crippen molar-refractivity contribution in [1.82, 2.24) is 9.88 Å². The number of likely N-dealkylation sites (N-methyl/N-ethyl adjacent to an activating group) is 1. The van der Waals surface area contributed by atoms with Crippen LogP contribution in [-0.2, 0) is 5.88 Å². The van der Waals surface area contributed by atoms with Gasteiger partial charge in [0.25, 0.3) is 0 Å². The average Bonchev–Trinajstić information content (AvgIpc) is 2.29. The Morgan fingerprint density at radius 2 is 2.31 bits per heavy atom. The van der Waals surface area contributed by atoms with E-state index in [1.165, 1.54) is 11.3 Å². The molecule has 0 bridgehead atoms. The highest BCUT2D eigenvalue weighted by Crippen LogP contribution is 2.24. The molecule has 0 aromatic carbocycles. The fourth-order valence-corrected chi connectivity index (χ4v) is 2.51. The van der Waals surface area contributed by atoms with Crippen LogP contribution in [0.15, 0.2) is 18.5 Å². The van der Waals surface area contributed by atoms with Crippen molar-refractivity contribution < 1.29 is 0 Å². The molecule has 1 fully saturated rings. The van der Waals surface area contributed by atoms with Crippen LogP contribution < -0.4 is 4.90 Å². The van der Waals surface area contributed by atoms with Crippen LogP contribution in [-0.4, -0.2) is 42.6 Å². The largest absolute Gasteiger partial charge is 0.365 e. The zero-order valence-electron chi connectivity index (χ0n) is 9.86. The van der Waals surface area contributed by atoms with Crippen molar-refractivity contribution in [3.05, 3.63) is 24.0 Å². The lowest BCUT2D eigenvalue weighted by Gasteiger charge is -2.40. The zero-order valence-corrected chi connectivity index (χ0v) is 10.6. The van der Waals surface area contributed by atoms with E-state index in [0.29, 0.717) is 11.9 Å². The van der Waals surface area contributed by atoms with E-state index >= 15 is 0 Å². The lowest BCUT2D eigenvalue weighted by molar-refractivity contribution is 0.275. The molecule has 0 spiro atoms. The Labute approximate surface area is 102 Å². The molecule has 4 heteroatoms. The second-order valence-corrected chi connectivity index (χ2v) is 4.71. The summed E-state index contributed by atoms with van der Waals surface area (Å²) in [6, 6.07) is 2.53. The molecule has 2 rings (SSSR count).